The molecule has 0 aliphatic heterocycles. The van der Waals surface area contributed by atoms with Crippen molar-refractivity contribution in [3.05, 3.63) is 35.2 Å². The van der Waals surface area contributed by atoms with Crippen LogP contribution in [0.25, 0.3) is 10.1 Å². The molecule has 0 saturated heterocycles. The Labute approximate surface area is 117 Å². The summed E-state index contributed by atoms with van der Waals surface area (Å²) in [6, 6.07) is 8.66. The molecule has 0 saturated carbocycles. The summed E-state index contributed by atoms with van der Waals surface area (Å²) in [4.78, 5) is 2.21. The molecule has 3 N–H and O–H groups in total. The van der Waals surface area contributed by atoms with Crippen LogP contribution < -0.4 is 5.73 Å². The van der Waals surface area contributed by atoms with Gasteiger partial charge in [-0.05, 0) is 36.4 Å². The summed E-state index contributed by atoms with van der Waals surface area (Å²) in [6.07, 6.45) is 0.565. The van der Waals surface area contributed by atoms with E-state index in [2.05, 4.69) is 53.7 Å². The molecule has 0 amide bonds. The summed E-state index contributed by atoms with van der Waals surface area (Å²) < 4.78 is 1.31. The number of nitrogens with zero attached hydrogens (tertiary/aromatic N) is 2. The van der Waals surface area contributed by atoms with Crippen molar-refractivity contribution >= 4 is 27.3 Å². The molecule has 1 unspecified atom stereocenters. The number of nitrogens with two attached hydrogens (primary N) is 1. The summed E-state index contributed by atoms with van der Waals surface area (Å²) >= 11 is 1.77. The van der Waals surface area contributed by atoms with Crippen LogP contribution >= 0.6 is 11.3 Å². The highest BCUT2D eigenvalue weighted by Gasteiger charge is 2.13. The van der Waals surface area contributed by atoms with Gasteiger partial charge in [-0.1, -0.05) is 23.4 Å². The Morgan fingerprint density at radius 3 is 2.95 bits per heavy atom. The minimum absolute atomic E-state index is 0.231. The molecule has 1 aromatic heterocycles. The van der Waals surface area contributed by atoms with Gasteiger partial charge >= 0.3 is 0 Å². The Hall–Kier alpha value is -1.59. The van der Waals surface area contributed by atoms with Crippen molar-refractivity contribution in [1.82, 2.24) is 4.90 Å². The van der Waals surface area contributed by atoms with Crippen LogP contribution in [0.5, 0.6) is 0 Å². The topological polar surface area (TPSA) is 61.9 Å². The molecule has 0 spiro atoms. The highest BCUT2D eigenvalue weighted by molar-refractivity contribution is 7.17. The maximum atomic E-state index is 8.61. The highest BCUT2D eigenvalue weighted by Crippen LogP contribution is 2.26. The fraction of sp³-hybridized carbons (Fsp3) is 0.357. The summed E-state index contributed by atoms with van der Waals surface area (Å²) in [6.45, 7) is 2.94. The van der Waals surface area contributed by atoms with Crippen LogP contribution in [0.3, 0.4) is 0 Å². The first-order valence-corrected chi connectivity index (χ1v) is 7.11. The number of oxime groups is 1. The quantitative estimate of drug-likeness (QED) is 0.382. The molecular formula is C14H19N3OS. The van der Waals surface area contributed by atoms with Gasteiger partial charge in [-0.15, -0.1) is 11.3 Å². The molecule has 0 aliphatic carbocycles. The second kappa shape index (κ2) is 6.04. The van der Waals surface area contributed by atoms with E-state index in [9.17, 15) is 0 Å². The average molecular weight is 277 g/mol. The second-order valence-electron chi connectivity index (χ2n) is 4.82. The third kappa shape index (κ3) is 3.24. The van der Waals surface area contributed by atoms with E-state index in [-0.39, 0.29) is 11.9 Å². The first-order valence-electron chi connectivity index (χ1n) is 6.23. The van der Waals surface area contributed by atoms with Crippen molar-refractivity contribution in [3.63, 3.8) is 0 Å². The Morgan fingerprint density at radius 2 is 2.21 bits per heavy atom. The smallest absolute Gasteiger partial charge is 0.140 e. The lowest BCUT2D eigenvalue weighted by molar-refractivity contribution is 0.252. The van der Waals surface area contributed by atoms with Crippen molar-refractivity contribution in [2.24, 2.45) is 10.9 Å². The van der Waals surface area contributed by atoms with Gasteiger partial charge in [0.1, 0.15) is 5.84 Å². The van der Waals surface area contributed by atoms with Crippen LogP contribution in [0, 0.1) is 0 Å². The molecule has 19 heavy (non-hydrogen) atoms. The van der Waals surface area contributed by atoms with Crippen LogP contribution in [0.4, 0.5) is 0 Å². The van der Waals surface area contributed by atoms with Crippen molar-refractivity contribution in [2.45, 2.75) is 25.9 Å². The maximum Gasteiger partial charge on any atom is 0.140 e. The van der Waals surface area contributed by atoms with Crippen LogP contribution in [0.1, 0.15) is 18.9 Å². The lowest BCUT2D eigenvalue weighted by atomic mass is 10.1. The number of hydrogen-bond acceptors (Lipinski definition) is 4. The molecule has 2 aromatic rings. The average Bonchev–Trinajstić information content (AvgIpc) is 2.82. The largest absolute Gasteiger partial charge is 0.409 e. The number of benzene rings is 1. The van der Waals surface area contributed by atoms with Crippen LogP contribution in [-0.2, 0) is 6.54 Å². The second-order valence-corrected chi connectivity index (χ2v) is 5.73. The van der Waals surface area contributed by atoms with Crippen molar-refractivity contribution < 1.29 is 5.21 Å². The normalized spacial score (nSPS) is 14.2. The van der Waals surface area contributed by atoms with E-state index in [0.717, 1.165) is 6.54 Å². The third-order valence-electron chi connectivity index (χ3n) is 3.37. The molecule has 102 valence electrons. The lowest BCUT2D eigenvalue weighted by Crippen LogP contribution is -2.32. The molecule has 0 aliphatic rings. The summed E-state index contributed by atoms with van der Waals surface area (Å²) in [5.41, 5.74) is 6.88. The molecule has 5 heteroatoms. The third-order valence-corrected chi connectivity index (χ3v) is 4.38. The summed E-state index contributed by atoms with van der Waals surface area (Å²) in [7, 11) is 2.06. The van der Waals surface area contributed by atoms with Gasteiger partial charge in [-0.25, -0.2) is 0 Å². The van der Waals surface area contributed by atoms with Gasteiger partial charge in [0, 0.05) is 23.7 Å². The maximum absolute atomic E-state index is 8.61. The van der Waals surface area contributed by atoms with Crippen LogP contribution in [0.15, 0.2) is 34.8 Å². The predicted molar refractivity (Wildman–Crippen MR) is 80.8 cm³/mol. The summed E-state index contributed by atoms with van der Waals surface area (Å²) in [5, 5.41) is 15.2. The van der Waals surface area contributed by atoms with Gasteiger partial charge in [-0.2, -0.15) is 0 Å². The van der Waals surface area contributed by atoms with Crippen molar-refractivity contribution in [1.29, 1.82) is 0 Å². The SMILES string of the molecule is CC(CC(N)=NO)N(C)Cc1csc2ccccc12. The Balaban J connectivity index is 2.08. The molecule has 0 bridgehead atoms. The van der Waals surface area contributed by atoms with Gasteiger partial charge in [-0.3, -0.25) is 4.90 Å². The number of rotatable bonds is 5. The van der Waals surface area contributed by atoms with Gasteiger partial charge in [0.15, 0.2) is 0 Å². The van der Waals surface area contributed by atoms with E-state index < -0.39 is 0 Å². The molecular weight excluding hydrogens is 258 g/mol. The summed E-state index contributed by atoms with van der Waals surface area (Å²) in [5.74, 6) is 0.273. The van der Waals surface area contributed by atoms with Crippen LogP contribution in [-0.4, -0.2) is 29.0 Å². The van der Waals surface area contributed by atoms with E-state index in [1.807, 2.05) is 0 Å². The molecule has 2 rings (SSSR count). The Bertz CT molecular complexity index is 579. The molecule has 0 radical (unpaired) electrons. The molecule has 1 atom stereocenters. The van der Waals surface area contributed by atoms with E-state index in [1.165, 1.54) is 15.6 Å². The van der Waals surface area contributed by atoms with Gasteiger partial charge < -0.3 is 10.9 Å². The van der Waals surface area contributed by atoms with Gasteiger partial charge in [0.2, 0.25) is 0 Å². The van der Waals surface area contributed by atoms with E-state index in [1.54, 1.807) is 11.3 Å². The molecule has 4 nitrogen and oxygen atoms in total. The molecule has 1 heterocycles. The van der Waals surface area contributed by atoms with Gasteiger partial charge in [0.25, 0.3) is 0 Å². The number of amidine groups is 1. The first kappa shape index (κ1) is 13.8. The molecule has 0 fully saturated rings. The lowest BCUT2D eigenvalue weighted by Gasteiger charge is -2.24. The number of fused-ring (bicyclic) bond motifs is 1. The fourth-order valence-electron chi connectivity index (χ4n) is 2.08. The monoisotopic (exact) mass is 277 g/mol. The predicted octanol–water partition coefficient (Wildman–Crippen LogP) is 2.86. The highest BCUT2D eigenvalue weighted by atomic mass is 32.1. The number of hydrogen-bond donors (Lipinski definition) is 2. The zero-order valence-electron chi connectivity index (χ0n) is 11.2. The minimum atomic E-state index is 0.231. The van der Waals surface area contributed by atoms with E-state index >= 15 is 0 Å². The van der Waals surface area contributed by atoms with Crippen molar-refractivity contribution in [3.8, 4) is 0 Å². The van der Waals surface area contributed by atoms with Crippen molar-refractivity contribution in [2.75, 3.05) is 7.05 Å². The number of thiophene rings is 1. The Kier molecular flexibility index (Phi) is 4.39. The zero-order valence-corrected chi connectivity index (χ0v) is 12.0. The van der Waals surface area contributed by atoms with Gasteiger partial charge in [0.05, 0.1) is 0 Å². The first-order chi connectivity index (χ1) is 9.11. The zero-order chi connectivity index (χ0) is 13.8. The minimum Gasteiger partial charge on any atom is -0.409 e. The fourth-order valence-corrected chi connectivity index (χ4v) is 3.03. The standard InChI is InChI=1S/C14H19N3OS/c1-10(7-14(15)16-18)17(2)8-11-9-19-13-6-4-3-5-12(11)13/h3-6,9-10,18H,7-8H2,1-2H3,(H2,15,16). The Morgan fingerprint density at radius 1 is 1.47 bits per heavy atom. The van der Waals surface area contributed by atoms with E-state index in [0.29, 0.717) is 6.42 Å². The van der Waals surface area contributed by atoms with E-state index in [4.69, 9.17) is 10.9 Å². The van der Waals surface area contributed by atoms with Crippen LogP contribution in [0.2, 0.25) is 0 Å². The molecule has 1 aromatic carbocycles.